The SMILES string of the molecule is COc1cccc(NC(=O)c2cc(Cl)c(OCc3ccc(C)cc3)c(OC)c2)c1. The third-order valence-corrected chi connectivity index (χ3v) is 4.60. The number of nitrogens with one attached hydrogen (secondary N) is 1. The standard InChI is InChI=1S/C23H22ClNO4/c1-15-7-9-16(10-8-15)14-29-22-20(24)11-17(12-21(22)28-3)23(26)25-18-5-4-6-19(13-18)27-2/h4-13H,14H2,1-3H3,(H,25,26). The number of aryl methyl sites for hydroxylation is 1. The first-order valence-corrected chi connectivity index (χ1v) is 9.39. The summed E-state index contributed by atoms with van der Waals surface area (Å²) in [4.78, 5) is 12.6. The Hall–Kier alpha value is -3.18. The first kappa shape index (κ1) is 20.6. The molecule has 6 heteroatoms. The third-order valence-electron chi connectivity index (χ3n) is 4.32. The zero-order valence-corrected chi connectivity index (χ0v) is 17.2. The summed E-state index contributed by atoms with van der Waals surface area (Å²) in [5.74, 6) is 1.12. The molecule has 0 aliphatic carbocycles. The fraction of sp³-hybridized carbons (Fsp3) is 0.174. The molecule has 29 heavy (non-hydrogen) atoms. The molecule has 0 aliphatic heterocycles. The molecule has 0 aromatic heterocycles. The van der Waals surface area contributed by atoms with Crippen molar-refractivity contribution >= 4 is 23.2 Å². The van der Waals surface area contributed by atoms with Crippen LogP contribution in [0.5, 0.6) is 17.2 Å². The zero-order valence-electron chi connectivity index (χ0n) is 16.5. The maximum Gasteiger partial charge on any atom is 0.255 e. The molecule has 0 fully saturated rings. The number of rotatable bonds is 7. The molecule has 3 aromatic carbocycles. The smallest absolute Gasteiger partial charge is 0.255 e. The number of hydrogen-bond donors (Lipinski definition) is 1. The summed E-state index contributed by atoms with van der Waals surface area (Å²) in [5, 5.41) is 3.12. The van der Waals surface area contributed by atoms with Crippen LogP contribution in [0.2, 0.25) is 5.02 Å². The van der Waals surface area contributed by atoms with Gasteiger partial charge in [-0.1, -0.05) is 47.5 Å². The van der Waals surface area contributed by atoms with E-state index >= 15 is 0 Å². The van der Waals surface area contributed by atoms with Gasteiger partial charge in [-0.3, -0.25) is 4.79 Å². The average Bonchev–Trinajstić information content (AvgIpc) is 2.73. The predicted molar refractivity (Wildman–Crippen MR) is 114 cm³/mol. The fourth-order valence-corrected chi connectivity index (χ4v) is 3.00. The van der Waals surface area contributed by atoms with Gasteiger partial charge in [-0.25, -0.2) is 0 Å². The lowest BCUT2D eigenvalue weighted by atomic mass is 10.1. The Kier molecular flexibility index (Phi) is 6.62. The molecule has 0 saturated heterocycles. The Morgan fingerprint density at radius 3 is 2.45 bits per heavy atom. The van der Waals surface area contributed by atoms with Crippen LogP contribution >= 0.6 is 11.6 Å². The number of methoxy groups -OCH3 is 2. The molecular weight excluding hydrogens is 390 g/mol. The van der Waals surface area contributed by atoms with Crippen LogP contribution in [-0.2, 0) is 6.61 Å². The van der Waals surface area contributed by atoms with Crippen LogP contribution in [-0.4, -0.2) is 20.1 Å². The summed E-state index contributed by atoms with van der Waals surface area (Å²) in [7, 11) is 3.08. The number of carbonyl (C=O) groups excluding carboxylic acids is 1. The quantitative estimate of drug-likeness (QED) is 0.558. The maximum atomic E-state index is 12.6. The van der Waals surface area contributed by atoms with Crippen molar-refractivity contribution in [3.8, 4) is 17.2 Å². The van der Waals surface area contributed by atoms with Crippen LogP contribution in [0.25, 0.3) is 0 Å². The van der Waals surface area contributed by atoms with Crippen LogP contribution < -0.4 is 19.5 Å². The molecule has 3 aromatic rings. The van der Waals surface area contributed by atoms with Crippen molar-refractivity contribution in [2.75, 3.05) is 19.5 Å². The summed E-state index contributed by atoms with van der Waals surface area (Å²) < 4.78 is 16.4. The highest BCUT2D eigenvalue weighted by atomic mass is 35.5. The molecule has 0 atom stereocenters. The van der Waals surface area contributed by atoms with Gasteiger partial charge in [0.25, 0.3) is 5.91 Å². The molecule has 1 amide bonds. The largest absolute Gasteiger partial charge is 0.497 e. The number of benzene rings is 3. The predicted octanol–water partition coefficient (Wildman–Crippen LogP) is 5.50. The number of anilines is 1. The Morgan fingerprint density at radius 1 is 1.00 bits per heavy atom. The molecule has 0 radical (unpaired) electrons. The second-order valence-electron chi connectivity index (χ2n) is 6.45. The van der Waals surface area contributed by atoms with Crippen molar-refractivity contribution < 1.29 is 19.0 Å². The highest BCUT2D eigenvalue weighted by molar-refractivity contribution is 6.32. The van der Waals surface area contributed by atoms with E-state index in [2.05, 4.69) is 5.32 Å². The molecule has 0 aliphatic rings. The van der Waals surface area contributed by atoms with Gasteiger partial charge in [0.2, 0.25) is 0 Å². The van der Waals surface area contributed by atoms with E-state index in [-0.39, 0.29) is 5.91 Å². The van der Waals surface area contributed by atoms with Crippen LogP contribution in [0.4, 0.5) is 5.69 Å². The second kappa shape index (κ2) is 9.34. The van der Waals surface area contributed by atoms with Crippen molar-refractivity contribution in [1.82, 2.24) is 0 Å². The number of amides is 1. The van der Waals surface area contributed by atoms with Gasteiger partial charge in [-0.2, -0.15) is 0 Å². The monoisotopic (exact) mass is 411 g/mol. The Labute approximate surface area is 175 Å². The van der Waals surface area contributed by atoms with Crippen molar-refractivity contribution in [2.24, 2.45) is 0 Å². The van der Waals surface area contributed by atoms with E-state index in [4.69, 9.17) is 25.8 Å². The molecule has 5 nitrogen and oxygen atoms in total. The van der Waals surface area contributed by atoms with Crippen molar-refractivity contribution in [3.05, 3.63) is 82.4 Å². The van der Waals surface area contributed by atoms with Crippen LogP contribution in [0, 0.1) is 6.92 Å². The van der Waals surface area contributed by atoms with E-state index in [1.807, 2.05) is 31.2 Å². The van der Waals surface area contributed by atoms with E-state index in [9.17, 15) is 4.79 Å². The van der Waals surface area contributed by atoms with Crippen LogP contribution in [0.15, 0.2) is 60.7 Å². The summed E-state index contributed by atoms with van der Waals surface area (Å²) in [6.07, 6.45) is 0. The minimum atomic E-state index is -0.316. The molecule has 150 valence electrons. The van der Waals surface area contributed by atoms with Gasteiger partial charge in [0.1, 0.15) is 12.4 Å². The van der Waals surface area contributed by atoms with Crippen LogP contribution in [0.1, 0.15) is 21.5 Å². The fourth-order valence-electron chi connectivity index (χ4n) is 2.73. The van der Waals surface area contributed by atoms with E-state index < -0.39 is 0 Å². The lowest BCUT2D eigenvalue weighted by Gasteiger charge is -2.14. The summed E-state index contributed by atoms with van der Waals surface area (Å²) in [6.45, 7) is 2.37. The minimum Gasteiger partial charge on any atom is -0.497 e. The normalized spacial score (nSPS) is 10.3. The summed E-state index contributed by atoms with van der Waals surface area (Å²) in [6, 6.07) is 18.3. The average molecular weight is 412 g/mol. The number of ether oxygens (including phenoxy) is 3. The number of halogens is 1. The first-order valence-electron chi connectivity index (χ1n) is 9.01. The topological polar surface area (TPSA) is 56.8 Å². The molecule has 3 rings (SSSR count). The Bertz CT molecular complexity index is 1000. The molecule has 0 spiro atoms. The van der Waals surface area contributed by atoms with E-state index in [1.165, 1.54) is 12.7 Å². The van der Waals surface area contributed by atoms with Gasteiger partial charge >= 0.3 is 0 Å². The van der Waals surface area contributed by atoms with E-state index in [0.29, 0.717) is 40.1 Å². The Morgan fingerprint density at radius 2 is 1.76 bits per heavy atom. The van der Waals surface area contributed by atoms with Gasteiger partial charge in [0, 0.05) is 17.3 Å². The molecule has 1 N–H and O–H groups in total. The summed E-state index contributed by atoms with van der Waals surface area (Å²) in [5.41, 5.74) is 3.16. The molecule has 0 unspecified atom stereocenters. The minimum absolute atomic E-state index is 0.298. The lowest BCUT2D eigenvalue weighted by molar-refractivity contribution is 0.102. The van der Waals surface area contributed by atoms with Gasteiger partial charge < -0.3 is 19.5 Å². The number of hydrogen-bond acceptors (Lipinski definition) is 4. The van der Waals surface area contributed by atoms with Gasteiger partial charge in [-0.15, -0.1) is 0 Å². The molecular formula is C23H22ClNO4. The maximum absolute atomic E-state index is 12.6. The van der Waals surface area contributed by atoms with Gasteiger partial charge in [0.05, 0.1) is 19.2 Å². The van der Waals surface area contributed by atoms with Crippen molar-refractivity contribution in [1.29, 1.82) is 0 Å². The zero-order chi connectivity index (χ0) is 20.8. The molecule has 0 heterocycles. The van der Waals surface area contributed by atoms with E-state index in [1.54, 1.807) is 43.5 Å². The molecule has 0 bridgehead atoms. The Balaban J connectivity index is 1.77. The number of carbonyl (C=O) groups is 1. The highest BCUT2D eigenvalue weighted by Gasteiger charge is 2.16. The highest BCUT2D eigenvalue weighted by Crippen LogP contribution is 2.37. The van der Waals surface area contributed by atoms with Crippen molar-refractivity contribution in [2.45, 2.75) is 13.5 Å². The van der Waals surface area contributed by atoms with Crippen molar-refractivity contribution in [3.63, 3.8) is 0 Å². The summed E-state index contributed by atoms with van der Waals surface area (Å²) >= 11 is 6.39. The van der Waals surface area contributed by atoms with Crippen LogP contribution in [0.3, 0.4) is 0 Å². The second-order valence-corrected chi connectivity index (χ2v) is 6.86. The first-order chi connectivity index (χ1) is 14.0. The third kappa shape index (κ3) is 5.21. The van der Waals surface area contributed by atoms with Gasteiger partial charge in [0.15, 0.2) is 11.5 Å². The lowest BCUT2D eigenvalue weighted by Crippen LogP contribution is -2.12. The van der Waals surface area contributed by atoms with E-state index in [0.717, 1.165) is 5.56 Å². The molecule has 0 saturated carbocycles. The van der Waals surface area contributed by atoms with Gasteiger partial charge in [-0.05, 0) is 36.8 Å².